The van der Waals surface area contributed by atoms with E-state index in [4.69, 9.17) is 14.1 Å². The lowest BCUT2D eigenvalue weighted by molar-refractivity contribution is -0.000521. The number of aromatic nitrogens is 1. The number of para-hydroxylation sites is 1. The molecule has 58 heavy (non-hydrogen) atoms. The Bertz CT molecular complexity index is 2310. The fraction of sp³-hybridized carbons (Fsp3) is 0.333. The van der Waals surface area contributed by atoms with Crippen LogP contribution in [-0.4, -0.2) is 60.5 Å². The predicted molar refractivity (Wildman–Crippen MR) is 214 cm³/mol. The summed E-state index contributed by atoms with van der Waals surface area (Å²) in [5, 5.41) is 5.21. The van der Waals surface area contributed by atoms with E-state index in [1.165, 1.54) is 36.1 Å². The van der Waals surface area contributed by atoms with Crippen LogP contribution in [0.15, 0.2) is 82.7 Å². The molecule has 10 nitrogen and oxygen atoms in total. The lowest BCUT2D eigenvalue weighted by Gasteiger charge is -2.53. The Balaban J connectivity index is 0.00000166. The lowest BCUT2D eigenvalue weighted by atomic mass is 9.73. The van der Waals surface area contributed by atoms with Gasteiger partial charge >= 0.3 is 0 Å². The van der Waals surface area contributed by atoms with Gasteiger partial charge in [-0.3, -0.25) is 14.4 Å². The summed E-state index contributed by atoms with van der Waals surface area (Å²) in [6.07, 6.45) is 12.1. The van der Waals surface area contributed by atoms with Crippen LogP contribution in [0.5, 0.6) is 0 Å². The first kappa shape index (κ1) is 40.1. The minimum absolute atomic E-state index is 0.0269. The molecule has 2 fully saturated rings. The maximum Gasteiger partial charge on any atom is 0.291 e. The van der Waals surface area contributed by atoms with Crippen LogP contribution in [0.2, 0.25) is 0 Å². The second kappa shape index (κ2) is 17.2. The van der Waals surface area contributed by atoms with Crippen LogP contribution in [0, 0.1) is 29.4 Å². The molecule has 1 aliphatic carbocycles. The Hall–Kier alpha value is -6.13. The smallest absolute Gasteiger partial charge is 0.291 e. The van der Waals surface area contributed by atoms with Gasteiger partial charge < -0.3 is 29.6 Å². The average molecular weight is 792 g/mol. The molecule has 4 aromatic rings. The van der Waals surface area contributed by atoms with Crippen LogP contribution < -0.4 is 15.5 Å². The first-order valence-corrected chi connectivity index (χ1v) is 19.4. The van der Waals surface area contributed by atoms with Crippen LogP contribution >= 0.6 is 0 Å². The number of amides is 3. The molecule has 2 aromatic heterocycles. The molecule has 0 unspecified atom stereocenters. The van der Waals surface area contributed by atoms with Crippen molar-refractivity contribution in [3.05, 3.63) is 129 Å². The topological polar surface area (TPSA) is 117 Å². The number of carbonyl (C=O) groups is 3. The van der Waals surface area contributed by atoms with Crippen LogP contribution in [0.3, 0.4) is 0 Å². The van der Waals surface area contributed by atoms with Crippen LogP contribution in [0.1, 0.15) is 87.0 Å². The van der Waals surface area contributed by atoms with E-state index in [1.54, 1.807) is 31.2 Å². The van der Waals surface area contributed by atoms with E-state index in [9.17, 15) is 27.6 Å². The Morgan fingerprint density at radius 1 is 0.948 bits per heavy atom. The predicted octanol–water partition coefficient (Wildman–Crippen LogP) is 8.20. The summed E-state index contributed by atoms with van der Waals surface area (Å²) in [4.78, 5) is 49.3. The van der Waals surface area contributed by atoms with Crippen LogP contribution in [-0.2, 0) is 30.4 Å². The maximum absolute atomic E-state index is 14.7. The maximum atomic E-state index is 14.7. The number of carbonyl (C=O) groups excluding carboxylic acids is 3. The zero-order chi connectivity index (χ0) is 41.0. The summed E-state index contributed by atoms with van der Waals surface area (Å²) in [6, 6.07) is 13.2. The Morgan fingerprint density at radius 3 is 2.34 bits per heavy atom. The van der Waals surface area contributed by atoms with Gasteiger partial charge in [-0.05, 0) is 118 Å². The Kier molecular flexibility index (Phi) is 11.9. The van der Waals surface area contributed by atoms with E-state index in [0.717, 1.165) is 81.8 Å². The number of nitrogens with one attached hydrogen (secondary N) is 2. The highest BCUT2D eigenvalue weighted by Gasteiger charge is 2.45. The fourth-order valence-corrected chi connectivity index (χ4v) is 7.92. The Labute approximate surface area is 335 Å². The molecule has 2 N–H and O–H groups in total. The molecule has 2 saturated heterocycles. The molecule has 4 aliphatic rings. The minimum atomic E-state index is -0.936. The van der Waals surface area contributed by atoms with E-state index in [2.05, 4.69) is 27.9 Å². The van der Waals surface area contributed by atoms with Crippen molar-refractivity contribution in [3.63, 3.8) is 0 Å². The number of furan rings is 1. The highest BCUT2D eigenvalue weighted by molar-refractivity contribution is 6.08. The number of halogens is 3. The van der Waals surface area contributed by atoms with Crippen molar-refractivity contribution in [2.45, 2.75) is 58.8 Å². The van der Waals surface area contributed by atoms with Crippen molar-refractivity contribution in [1.82, 2.24) is 9.88 Å². The molecule has 13 heteroatoms. The van der Waals surface area contributed by atoms with Crippen molar-refractivity contribution in [1.29, 1.82) is 0 Å². The number of rotatable bonds is 7. The van der Waals surface area contributed by atoms with Gasteiger partial charge in [0.15, 0.2) is 5.76 Å². The van der Waals surface area contributed by atoms with Gasteiger partial charge in [-0.25, -0.2) is 18.2 Å². The van der Waals surface area contributed by atoms with Gasteiger partial charge in [-0.2, -0.15) is 0 Å². The fourth-order valence-electron chi connectivity index (χ4n) is 7.92. The number of anilines is 3. The van der Waals surface area contributed by atoms with Gasteiger partial charge in [0.2, 0.25) is 0 Å². The number of pyridine rings is 1. The second-order valence-corrected chi connectivity index (χ2v) is 14.9. The number of aryl methyl sites for hydroxylation is 2. The summed E-state index contributed by atoms with van der Waals surface area (Å²) < 4.78 is 54.5. The number of ether oxygens (including phenoxy) is 1. The highest BCUT2D eigenvalue weighted by Crippen LogP contribution is 2.43. The summed E-state index contributed by atoms with van der Waals surface area (Å²) in [5.41, 5.74) is 4.02. The van der Waals surface area contributed by atoms with Gasteiger partial charge in [-0.1, -0.05) is 12.1 Å². The summed E-state index contributed by atoms with van der Waals surface area (Å²) in [6.45, 7) is 6.52. The summed E-state index contributed by atoms with van der Waals surface area (Å²) in [7, 11) is 0. The molecule has 8 rings (SSSR count). The SMILES string of the molecule is C#CC.C/C=C(F)\C=C1/Cc2oc(C(=O)Nc3c(F)cccc3F)cc2CCN1C(=O)c1ccc(NC(=O)c2cc3c(nc2N2CC4(CCOCC4)C2)CCC3)cc1. The molecule has 0 bridgehead atoms. The van der Waals surface area contributed by atoms with Crippen molar-refractivity contribution < 1.29 is 36.7 Å². The number of nitrogens with zero attached hydrogens (tertiary/aromatic N) is 3. The zero-order valence-corrected chi connectivity index (χ0v) is 32.4. The van der Waals surface area contributed by atoms with Crippen molar-refractivity contribution in [2.24, 2.45) is 5.41 Å². The number of allylic oxidation sites excluding steroid dienone is 4. The second-order valence-electron chi connectivity index (χ2n) is 14.9. The summed E-state index contributed by atoms with van der Waals surface area (Å²) >= 11 is 0. The van der Waals surface area contributed by atoms with Gasteiger partial charge in [0.1, 0.15) is 34.7 Å². The lowest BCUT2D eigenvalue weighted by Crippen LogP contribution is -2.59. The van der Waals surface area contributed by atoms with E-state index >= 15 is 0 Å². The number of fused-ring (bicyclic) bond motifs is 2. The van der Waals surface area contributed by atoms with Crippen LogP contribution in [0.4, 0.5) is 30.4 Å². The van der Waals surface area contributed by atoms with Crippen LogP contribution in [0.25, 0.3) is 0 Å². The number of terminal acetylenes is 1. The van der Waals surface area contributed by atoms with E-state index < -0.39 is 35.0 Å². The quantitative estimate of drug-likeness (QED) is 0.181. The zero-order valence-electron chi connectivity index (χ0n) is 32.4. The van der Waals surface area contributed by atoms with E-state index in [0.29, 0.717) is 39.7 Å². The Morgan fingerprint density at radius 2 is 1.66 bits per heavy atom. The monoisotopic (exact) mass is 791 g/mol. The largest absolute Gasteiger partial charge is 0.455 e. The first-order valence-electron chi connectivity index (χ1n) is 19.4. The van der Waals surface area contributed by atoms with Crippen molar-refractivity contribution in [2.75, 3.05) is 48.4 Å². The molecule has 0 radical (unpaired) electrons. The molecule has 0 saturated carbocycles. The first-order chi connectivity index (χ1) is 28.0. The molecule has 5 heterocycles. The third-order valence-corrected chi connectivity index (χ3v) is 11.0. The van der Waals surface area contributed by atoms with Crippen molar-refractivity contribution >= 4 is 34.9 Å². The highest BCUT2D eigenvalue weighted by atomic mass is 19.1. The molecule has 3 amide bonds. The minimum Gasteiger partial charge on any atom is -0.455 e. The molecular weight excluding hydrogens is 748 g/mol. The average Bonchev–Trinajstić information content (AvgIpc) is 3.81. The number of benzene rings is 2. The third-order valence-electron chi connectivity index (χ3n) is 11.0. The molecule has 0 atom stereocenters. The standard InChI is InChI=1S/C42H40F3N5O5.C3H4/c1-2-28(43)21-30-22-35-27(20-36(55-35)40(52)48-37-32(44)6-4-7-33(37)45)13-16-50(30)41(53)25-9-11-29(12-10-25)46-39(51)31-19-26-5-3-8-34(26)47-38(31)49-23-42(24-49)14-17-54-18-15-42;1-3-2/h2,4,6-7,9-12,19-21H,3,5,8,13-18,22-24H2,1H3,(H,46,51)(H,48,52);1H,2H3/b28-2+,30-21+;. The van der Waals surface area contributed by atoms with E-state index in [-0.39, 0.29) is 36.5 Å². The van der Waals surface area contributed by atoms with Gasteiger partial charge in [-0.15, -0.1) is 12.3 Å². The molecule has 1 spiro atoms. The van der Waals surface area contributed by atoms with Gasteiger partial charge in [0, 0.05) is 67.3 Å². The molecule has 3 aliphatic heterocycles. The molecular formula is C45H44F3N5O5. The van der Waals surface area contributed by atoms with Gasteiger partial charge in [0.05, 0.1) is 5.56 Å². The van der Waals surface area contributed by atoms with Gasteiger partial charge in [0.25, 0.3) is 17.7 Å². The van der Waals surface area contributed by atoms with Crippen molar-refractivity contribution in [3.8, 4) is 12.3 Å². The van der Waals surface area contributed by atoms with E-state index in [1.807, 2.05) is 6.07 Å². The third kappa shape index (κ3) is 8.43. The number of hydrogen-bond acceptors (Lipinski definition) is 7. The number of hydrogen-bond donors (Lipinski definition) is 2. The molecule has 2 aromatic carbocycles. The normalized spacial score (nSPS) is 17.6. The summed E-state index contributed by atoms with van der Waals surface area (Å²) in [5.74, 6) is -0.854. The molecule has 300 valence electrons.